The van der Waals surface area contributed by atoms with Crippen molar-refractivity contribution in [2.24, 2.45) is 5.92 Å². The average Bonchev–Trinajstić information content (AvgIpc) is 2.41. The predicted octanol–water partition coefficient (Wildman–Crippen LogP) is 3.64. The lowest BCUT2D eigenvalue weighted by Crippen LogP contribution is -2.38. The Morgan fingerprint density at radius 3 is 2.74 bits per heavy atom. The molecule has 1 N–H and O–H groups in total. The van der Waals surface area contributed by atoms with E-state index in [1.165, 1.54) is 0 Å². The highest BCUT2D eigenvalue weighted by atomic mass is 35.5. The van der Waals surface area contributed by atoms with Gasteiger partial charge in [-0.25, -0.2) is 0 Å². The Kier molecular flexibility index (Phi) is 4.70. The molecular weight excluding hydrogens is 260 g/mol. The molecule has 1 saturated heterocycles. The van der Waals surface area contributed by atoms with Gasteiger partial charge in [-0.1, -0.05) is 18.5 Å². The van der Waals surface area contributed by atoms with Gasteiger partial charge in [0.25, 0.3) is 5.91 Å². The molecule has 1 aliphatic rings. The molecule has 1 aromatic rings. The highest BCUT2D eigenvalue weighted by Crippen LogP contribution is 2.24. The van der Waals surface area contributed by atoms with Crippen molar-refractivity contribution in [3.63, 3.8) is 0 Å². The molecule has 1 aliphatic heterocycles. The number of nitrogens with zero attached hydrogens (tertiary/aromatic N) is 1. The summed E-state index contributed by atoms with van der Waals surface area (Å²) in [5.41, 5.74) is 1.56. The first kappa shape index (κ1) is 14.2. The van der Waals surface area contributed by atoms with Gasteiger partial charge in [-0.05, 0) is 43.9 Å². The molecule has 0 aromatic heterocycles. The van der Waals surface area contributed by atoms with E-state index in [2.05, 4.69) is 12.2 Å². The topological polar surface area (TPSA) is 32.3 Å². The van der Waals surface area contributed by atoms with Gasteiger partial charge in [0.2, 0.25) is 0 Å². The van der Waals surface area contributed by atoms with Crippen molar-refractivity contribution in [2.45, 2.75) is 26.7 Å². The molecule has 0 unspecified atom stereocenters. The summed E-state index contributed by atoms with van der Waals surface area (Å²) in [6.45, 7) is 6.74. The number of hydrogen-bond acceptors (Lipinski definition) is 2. The number of nitrogens with one attached hydrogen (secondary N) is 1. The van der Waals surface area contributed by atoms with Crippen LogP contribution in [0.5, 0.6) is 0 Å². The highest BCUT2D eigenvalue weighted by molar-refractivity contribution is 6.31. The molecule has 0 aliphatic carbocycles. The monoisotopic (exact) mass is 280 g/mol. The minimum Gasteiger partial charge on any atom is -0.385 e. The van der Waals surface area contributed by atoms with E-state index in [1.54, 1.807) is 6.07 Å². The fourth-order valence-corrected chi connectivity index (χ4v) is 2.59. The number of rotatable bonds is 3. The molecule has 104 valence electrons. The number of hydrogen-bond donors (Lipinski definition) is 1. The maximum absolute atomic E-state index is 12.6. The fraction of sp³-hybridized carbons (Fsp3) is 0.533. The summed E-state index contributed by atoms with van der Waals surface area (Å²) in [6.07, 6.45) is 2.17. The van der Waals surface area contributed by atoms with E-state index in [9.17, 15) is 4.79 Å². The van der Waals surface area contributed by atoms with Gasteiger partial charge in [0.05, 0.1) is 5.56 Å². The number of halogens is 1. The Bertz CT molecular complexity index is 453. The third kappa shape index (κ3) is 3.41. The molecule has 0 bridgehead atoms. The molecule has 1 fully saturated rings. The van der Waals surface area contributed by atoms with Crippen LogP contribution in [-0.4, -0.2) is 30.4 Å². The van der Waals surface area contributed by atoms with Crippen LogP contribution in [0.15, 0.2) is 18.2 Å². The third-order valence-corrected chi connectivity index (χ3v) is 3.89. The lowest BCUT2D eigenvalue weighted by Gasteiger charge is -2.31. The van der Waals surface area contributed by atoms with Gasteiger partial charge in [0.1, 0.15) is 0 Å². The zero-order chi connectivity index (χ0) is 13.8. The molecule has 0 atom stereocenters. The van der Waals surface area contributed by atoms with Crippen LogP contribution in [0.1, 0.15) is 37.0 Å². The van der Waals surface area contributed by atoms with Gasteiger partial charge >= 0.3 is 0 Å². The number of anilines is 1. The summed E-state index contributed by atoms with van der Waals surface area (Å²) < 4.78 is 0. The van der Waals surface area contributed by atoms with Crippen LogP contribution in [0.25, 0.3) is 0 Å². The Morgan fingerprint density at radius 2 is 2.11 bits per heavy atom. The fourth-order valence-electron chi connectivity index (χ4n) is 2.42. The number of amides is 1. The van der Waals surface area contributed by atoms with E-state index in [0.717, 1.165) is 44.1 Å². The van der Waals surface area contributed by atoms with Crippen LogP contribution in [-0.2, 0) is 0 Å². The highest BCUT2D eigenvalue weighted by Gasteiger charge is 2.23. The van der Waals surface area contributed by atoms with Crippen LogP contribution < -0.4 is 5.32 Å². The third-order valence-electron chi connectivity index (χ3n) is 3.65. The Morgan fingerprint density at radius 1 is 1.42 bits per heavy atom. The minimum atomic E-state index is 0.0883. The van der Waals surface area contributed by atoms with Crippen LogP contribution in [0.4, 0.5) is 5.69 Å². The quantitative estimate of drug-likeness (QED) is 0.917. The lowest BCUT2D eigenvalue weighted by molar-refractivity contribution is 0.0698. The first-order valence-corrected chi connectivity index (χ1v) is 7.32. The molecule has 3 nitrogen and oxygen atoms in total. The van der Waals surface area contributed by atoms with Crippen molar-refractivity contribution in [2.75, 3.05) is 25.0 Å². The second-order valence-electron chi connectivity index (χ2n) is 5.19. The average molecular weight is 281 g/mol. The van der Waals surface area contributed by atoms with Crippen LogP contribution in [0.3, 0.4) is 0 Å². The molecule has 1 aromatic carbocycles. The van der Waals surface area contributed by atoms with Crippen LogP contribution >= 0.6 is 11.6 Å². The molecule has 1 heterocycles. The SMILES string of the molecule is CCNc1ccc(Cl)cc1C(=O)N1CCC(C)CC1. The molecule has 2 rings (SSSR count). The summed E-state index contributed by atoms with van der Waals surface area (Å²) in [5.74, 6) is 0.807. The zero-order valence-corrected chi connectivity index (χ0v) is 12.3. The Balaban J connectivity index is 2.20. The van der Waals surface area contributed by atoms with E-state index >= 15 is 0 Å². The Labute approximate surface area is 119 Å². The van der Waals surface area contributed by atoms with E-state index in [1.807, 2.05) is 24.0 Å². The van der Waals surface area contributed by atoms with Crippen molar-refractivity contribution < 1.29 is 4.79 Å². The maximum atomic E-state index is 12.6. The van der Waals surface area contributed by atoms with E-state index in [-0.39, 0.29) is 5.91 Å². The second kappa shape index (κ2) is 6.29. The summed E-state index contributed by atoms with van der Waals surface area (Å²) in [5, 5.41) is 3.83. The second-order valence-corrected chi connectivity index (χ2v) is 5.63. The van der Waals surface area contributed by atoms with Crippen LogP contribution in [0, 0.1) is 5.92 Å². The minimum absolute atomic E-state index is 0.0883. The summed E-state index contributed by atoms with van der Waals surface area (Å²) in [6, 6.07) is 5.46. The molecular formula is C15H21ClN2O. The Hall–Kier alpha value is -1.22. The van der Waals surface area contributed by atoms with Crippen molar-refractivity contribution >= 4 is 23.2 Å². The molecule has 4 heteroatoms. The van der Waals surface area contributed by atoms with Gasteiger partial charge in [0.15, 0.2) is 0 Å². The van der Waals surface area contributed by atoms with Gasteiger partial charge in [-0.15, -0.1) is 0 Å². The number of likely N-dealkylation sites (tertiary alicyclic amines) is 1. The number of carbonyl (C=O) groups excluding carboxylic acids is 1. The summed E-state index contributed by atoms with van der Waals surface area (Å²) >= 11 is 6.02. The first-order chi connectivity index (χ1) is 9.11. The van der Waals surface area contributed by atoms with Gasteiger partial charge in [-0.3, -0.25) is 4.79 Å². The molecule has 0 spiro atoms. The maximum Gasteiger partial charge on any atom is 0.256 e. The predicted molar refractivity (Wildman–Crippen MR) is 79.9 cm³/mol. The number of piperidine rings is 1. The van der Waals surface area contributed by atoms with E-state index in [0.29, 0.717) is 10.6 Å². The number of benzene rings is 1. The smallest absolute Gasteiger partial charge is 0.256 e. The van der Waals surface area contributed by atoms with E-state index in [4.69, 9.17) is 11.6 Å². The number of carbonyl (C=O) groups is 1. The van der Waals surface area contributed by atoms with Crippen molar-refractivity contribution in [1.82, 2.24) is 4.90 Å². The van der Waals surface area contributed by atoms with Crippen molar-refractivity contribution in [3.8, 4) is 0 Å². The van der Waals surface area contributed by atoms with Gasteiger partial charge in [-0.2, -0.15) is 0 Å². The normalized spacial score (nSPS) is 16.5. The van der Waals surface area contributed by atoms with Gasteiger partial charge < -0.3 is 10.2 Å². The summed E-state index contributed by atoms with van der Waals surface area (Å²) in [7, 11) is 0. The molecule has 1 amide bonds. The summed E-state index contributed by atoms with van der Waals surface area (Å²) in [4.78, 5) is 14.5. The van der Waals surface area contributed by atoms with Gasteiger partial charge in [0, 0.05) is 30.3 Å². The molecule has 0 saturated carbocycles. The van der Waals surface area contributed by atoms with E-state index < -0.39 is 0 Å². The standard InChI is InChI=1S/C15H21ClN2O/c1-3-17-14-5-4-12(16)10-13(14)15(19)18-8-6-11(2)7-9-18/h4-5,10-11,17H,3,6-9H2,1-2H3. The lowest BCUT2D eigenvalue weighted by atomic mass is 9.98. The molecule has 0 radical (unpaired) electrons. The largest absolute Gasteiger partial charge is 0.385 e. The van der Waals surface area contributed by atoms with Crippen molar-refractivity contribution in [1.29, 1.82) is 0 Å². The zero-order valence-electron chi connectivity index (χ0n) is 11.6. The van der Waals surface area contributed by atoms with Crippen LogP contribution in [0.2, 0.25) is 5.02 Å². The molecule has 19 heavy (non-hydrogen) atoms. The van der Waals surface area contributed by atoms with Crippen molar-refractivity contribution in [3.05, 3.63) is 28.8 Å². The first-order valence-electron chi connectivity index (χ1n) is 6.94.